The van der Waals surface area contributed by atoms with Gasteiger partial charge in [-0.3, -0.25) is 9.59 Å². The van der Waals surface area contributed by atoms with Crippen LogP contribution >= 0.6 is 0 Å². The van der Waals surface area contributed by atoms with Crippen LogP contribution in [0, 0.1) is 5.41 Å². The summed E-state index contributed by atoms with van der Waals surface area (Å²) in [5.74, 6) is -3.24. The Morgan fingerprint density at radius 2 is 1.78 bits per heavy atom. The third-order valence-corrected chi connectivity index (χ3v) is 4.62. The number of nitrogens with one attached hydrogen (secondary N) is 1. The predicted octanol–water partition coefficient (Wildman–Crippen LogP) is 0.978. The first-order chi connectivity index (χ1) is 12.9. The molecule has 2 aliphatic heterocycles. The third kappa shape index (κ3) is 2.61. The molecule has 1 fully saturated rings. The minimum Gasteiger partial charge on any atom is -0.465 e. The first-order valence-electron chi connectivity index (χ1n) is 8.45. The van der Waals surface area contributed by atoms with Crippen LogP contribution in [-0.4, -0.2) is 50.2 Å². The molecule has 9 heteroatoms. The van der Waals surface area contributed by atoms with Crippen molar-refractivity contribution in [1.82, 2.24) is 0 Å². The van der Waals surface area contributed by atoms with Crippen molar-refractivity contribution in [3.8, 4) is 0 Å². The van der Waals surface area contributed by atoms with Gasteiger partial charge in [0, 0.05) is 11.3 Å². The quantitative estimate of drug-likeness (QED) is 0.455. The van der Waals surface area contributed by atoms with Crippen molar-refractivity contribution >= 4 is 29.6 Å². The van der Waals surface area contributed by atoms with Gasteiger partial charge in [0.25, 0.3) is 0 Å². The van der Waals surface area contributed by atoms with E-state index < -0.39 is 41.4 Å². The maximum atomic E-state index is 12.8. The van der Waals surface area contributed by atoms with Crippen LogP contribution in [0.15, 0.2) is 18.2 Å². The van der Waals surface area contributed by atoms with Gasteiger partial charge in [-0.2, -0.15) is 0 Å². The molecule has 1 N–H and O–H groups in total. The van der Waals surface area contributed by atoms with Crippen LogP contribution in [0.2, 0.25) is 0 Å². The Hall–Kier alpha value is -3.10. The van der Waals surface area contributed by atoms with Crippen LogP contribution in [0.3, 0.4) is 0 Å². The summed E-state index contributed by atoms with van der Waals surface area (Å²) in [7, 11) is 1.23. The lowest BCUT2D eigenvalue weighted by Crippen LogP contribution is -2.57. The normalized spacial score (nSPS) is 21.4. The number of ether oxygens (including phenoxy) is 4. The fourth-order valence-corrected chi connectivity index (χ4v) is 3.44. The predicted molar refractivity (Wildman–Crippen MR) is 89.7 cm³/mol. The van der Waals surface area contributed by atoms with E-state index in [2.05, 4.69) is 5.32 Å². The Labute approximate surface area is 154 Å². The summed E-state index contributed by atoms with van der Waals surface area (Å²) in [6, 6.07) is 3.19. The number of benzene rings is 1. The van der Waals surface area contributed by atoms with Crippen molar-refractivity contribution in [2.75, 3.05) is 25.6 Å². The van der Waals surface area contributed by atoms with Crippen LogP contribution in [0.1, 0.15) is 35.9 Å². The van der Waals surface area contributed by atoms with E-state index in [4.69, 9.17) is 18.9 Å². The zero-order valence-corrected chi connectivity index (χ0v) is 15.1. The van der Waals surface area contributed by atoms with Gasteiger partial charge >= 0.3 is 23.9 Å². The van der Waals surface area contributed by atoms with E-state index in [0.29, 0.717) is 11.3 Å². The zero-order valence-electron chi connectivity index (χ0n) is 15.1. The summed E-state index contributed by atoms with van der Waals surface area (Å²) < 4.78 is 20.3. The smallest absolute Gasteiger partial charge is 0.337 e. The van der Waals surface area contributed by atoms with E-state index in [1.807, 2.05) is 0 Å². The van der Waals surface area contributed by atoms with Crippen molar-refractivity contribution in [2.24, 2.45) is 5.41 Å². The van der Waals surface area contributed by atoms with Crippen molar-refractivity contribution in [3.05, 3.63) is 29.3 Å². The highest BCUT2D eigenvalue weighted by Crippen LogP contribution is 2.54. The number of hydrogen-bond acceptors (Lipinski definition) is 9. The highest BCUT2D eigenvalue weighted by atomic mass is 16.6. The van der Waals surface area contributed by atoms with Crippen molar-refractivity contribution in [3.63, 3.8) is 0 Å². The number of esters is 4. The molecule has 0 amide bonds. The molecule has 2 heterocycles. The molecular weight excluding hydrogens is 358 g/mol. The lowest BCUT2D eigenvalue weighted by molar-refractivity contribution is -0.177. The van der Waals surface area contributed by atoms with Crippen LogP contribution in [0.25, 0.3) is 0 Å². The number of carbonyl (C=O) groups is 4. The molecule has 2 atom stereocenters. The fourth-order valence-electron chi connectivity index (χ4n) is 3.44. The molecule has 144 valence electrons. The lowest BCUT2D eigenvalue weighted by Gasteiger charge is -2.37. The number of anilines is 1. The summed E-state index contributed by atoms with van der Waals surface area (Å²) in [4.78, 5) is 50.0. The zero-order chi connectivity index (χ0) is 19.8. The monoisotopic (exact) mass is 377 g/mol. The molecule has 0 aliphatic carbocycles. The van der Waals surface area contributed by atoms with Crippen molar-refractivity contribution < 1.29 is 38.1 Å². The van der Waals surface area contributed by atoms with E-state index >= 15 is 0 Å². The van der Waals surface area contributed by atoms with Crippen LogP contribution in [0.5, 0.6) is 0 Å². The number of hydrogen-bond donors (Lipinski definition) is 1. The summed E-state index contributed by atoms with van der Waals surface area (Å²) in [6.45, 7) is 3.17. The van der Waals surface area contributed by atoms with E-state index in [0.717, 1.165) is 0 Å². The number of rotatable bonds is 5. The molecule has 2 aliphatic rings. The topological polar surface area (TPSA) is 117 Å². The average Bonchev–Trinajstić information content (AvgIpc) is 2.86. The van der Waals surface area contributed by atoms with Gasteiger partial charge in [-0.1, -0.05) is 0 Å². The minimum absolute atomic E-state index is 0.00266. The fraction of sp³-hybridized carbons (Fsp3) is 0.444. The highest BCUT2D eigenvalue weighted by Gasteiger charge is 2.72. The number of methoxy groups -OCH3 is 1. The molecule has 1 aromatic rings. The molecule has 0 unspecified atom stereocenters. The Morgan fingerprint density at radius 1 is 1.15 bits per heavy atom. The first-order valence-corrected chi connectivity index (χ1v) is 8.45. The molecule has 1 aromatic carbocycles. The molecule has 3 rings (SSSR count). The van der Waals surface area contributed by atoms with Gasteiger partial charge in [0.1, 0.15) is 0 Å². The maximum absolute atomic E-state index is 12.8. The van der Waals surface area contributed by atoms with Crippen LogP contribution in [-0.2, 0) is 33.3 Å². The molecule has 27 heavy (non-hydrogen) atoms. The van der Waals surface area contributed by atoms with Gasteiger partial charge in [0.2, 0.25) is 5.41 Å². The maximum Gasteiger partial charge on any atom is 0.337 e. The largest absolute Gasteiger partial charge is 0.465 e. The van der Waals surface area contributed by atoms with Crippen molar-refractivity contribution in [1.29, 1.82) is 0 Å². The average molecular weight is 377 g/mol. The number of carbonyl (C=O) groups excluding carboxylic acids is 4. The third-order valence-electron chi connectivity index (χ3n) is 4.62. The van der Waals surface area contributed by atoms with Crippen LogP contribution < -0.4 is 5.32 Å². The van der Waals surface area contributed by atoms with Gasteiger partial charge in [0.05, 0.1) is 25.9 Å². The lowest BCUT2D eigenvalue weighted by atomic mass is 9.71. The molecular formula is C18H19NO8. The number of fused-ring (bicyclic) bond motifs is 4. The van der Waals surface area contributed by atoms with Crippen LogP contribution in [0.4, 0.5) is 5.69 Å². The Bertz CT molecular complexity index is 800. The molecule has 0 radical (unpaired) electrons. The van der Waals surface area contributed by atoms with E-state index in [1.165, 1.54) is 19.2 Å². The van der Waals surface area contributed by atoms with E-state index in [9.17, 15) is 19.2 Å². The molecule has 0 aromatic heterocycles. The SMILES string of the molecule is CCOC(=O)C1(C(=O)OCC)[C@@H]2Nc3ccc(C(=O)OC)cc3[C@H]1OC2=O. The standard InChI is InChI=1S/C18H19NO8/c1-4-25-16(22)18(17(23)26-5-2)12-15(21)27-13(18)10-8-9(14(20)24-3)6-7-11(10)19-12/h6-8,12-13,19H,4-5H2,1-3H3/t12-,13-/m1/s1. The molecule has 9 nitrogen and oxygen atoms in total. The highest BCUT2D eigenvalue weighted by molar-refractivity contribution is 6.10. The molecule has 2 bridgehead atoms. The van der Waals surface area contributed by atoms with Crippen molar-refractivity contribution in [2.45, 2.75) is 26.0 Å². The summed E-state index contributed by atoms with van der Waals surface area (Å²) in [5, 5.41) is 2.86. The van der Waals surface area contributed by atoms with E-state index in [-0.39, 0.29) is 18.8 Å². The minimum atomic E-state index is -2.04. The molecule has 0 saturated carbocycles. The second-order valence-corrected chi connectivity index (χ2v) is 6.00. The molecule has 0 spiro atoms. The summed E-state index contributed by atoms with van der Waals surface area (Å²) in [6.07, 6.45) is -1.28. The Balaban J connectivity index is 2.19. The Kier molecular flexibility index (Phi) is 4.77. The van der Waals surface area contributed by atoms with Gasteiger partial charge in [-0.05, 0) is 32.0 Å². The van der Waals surface area contributed by atoms with E-state index in [1.54, 1.807) is 19.9 Å². The first kappa shape index (κ1) is 18.7. The van der Waals surface area contributed by atoms with Gasteiger partial charge in [-0.25, -0.2) is 9.59 Å². The summed E-state index contributed by atoms with van der Waals surface area (Å²) in [5.41, 5.74) is -1.10. The van der Waals surface area contributed by atoms with Gasteiger partial charge < -0.3 is 24.3 Å². The van der Waals surface area contributed by atoms with Gasteiger partial charge in [-0.15, -0.1) is 0 Å². The second-order valence-electron chi connectivity index (χ2n) is 6.00. The summed E-state index contributed by atoms with van der Waals surface area (Å²) >= 11 is 0. The second kappa shape index (κ2) is 6.90. The molecule has 1 saturated heterocycles. The van der Waals surface area contributed by atoms with Gasteiger partial charge in [0.15, 0.2) is 12.1 Å². The Morgan fingerprint density at radius 3 is 2.33 bits per heavy atom.